The molecule has 1 rings (SSSR count). The number of allylic oxidation sites excluding steroid dienone is 3. The Morgan fingerprint density at radius 1 is 1.21 bits per heavy atom. The predicted octanol–water partition coefficient (Wildman–Crippen LogP) is 4.10. The first-order chi connectivity index (χ1) is 8.86. The van der Waals surface area contributed by atoms with Crippen molar-refractivity contribution in [1.29, 1.82) is 0 Å². The SMILES string of the molecule is C/C=C(/C(C)=C/OC(=O)C(F)(F)F)c1ccccc1. The van der Waals surface area contributed by atoms with E-state index in [1.54, 1.807) is 19.9 Å². The number of esters is 1. The van der Waals surface area contributed by atoms with Gasteiger partial charge in [-0.1, -0.05) is 36.4 Å². The normalized spacial score (nSPS) is 13.3. The number of hydrogen-bond acceptors (Lipinski definition) is 2. The van der Waals surface area contributed by atoms with Crippen LogP contribution >= 0.6 is 0 Å². The molecule has 0 saturated heterocycles. The molecule has 1 aromatic carbocycles. The number of rotatable bonds is 3. The van der Waals surface area contributed by atoms with Gasteiger partial charge < -0.3 is 4.74 Å². The van der Waals surface area contributed by atoms with Crippen molar-refractivity contribution in [2.24, 2.45) is 0 Å². The van der Waals surface area contributed by atoms with Gasteiger partial charge >= 0.3 is 12.1 Å². The maximum Gasteiger partial charge on any atom is 0.491 e. The lowest BCUT2D eigenvalue weighted by molar-refractivity contribution is -0.193. The lowest BCUT2D eigenvalue weighted by Gasteiger charge is -2.08. The Balaban J connectivity index is 2.87. The van der Waals surface area contributed by atoms with E-state index in [0.29, 0.717) is 11.1 Å². The Hall–Kier alpha value is -2.04. The Morgan fingerprint density at radius 3 is 2.26 bits per heavy atom. The fourth-order valence-corrected chi connectivity index (χ4v) is 1.51. The maximum atomic E-state index is 12.0. The van der Waals surface area contributed by atoms with Crippen LogP contribution in [0.15, 0.2) is 48.2 Å². The minimum atomic E-state index is -4.99. The molecule has 0 aromatic heterocycles. The van der Waals surface area contributed by atoms with E-state index in [9.17, 15) is 18.0 Å². The summed E-state index contributed by atoms with van der Waals surface area (Å²) in [5.41, 5.74) is 1.98. The summed E-state index contributed by atoms with van der Waals surface area (Å²) < 4.78 is 40.1. The van der Waals surface area contributed by atoms with E-state index in [0.717, 1.165) is 11.8 Å². The Kier molecular flexibility index (Phi) is 4.92. The third-order valence-electron chi connectivity index (χ3n) is 2.37. The molecule has 0 unspecified atom stereocenters. The van der Waals surface area contributed by atoms with Crippen LogP contribution in [-0.4, -0.2) is 12.1 Å². The average Bonchev–Trinajstić information content (AvgIpc) is 2.37. The molecule has 102 valence electrons. The Bertz CT molecular complexity index is 499. The summed E-state index contributed by atoms with van der Waals surface area (Å²) in [5.74, 6) is -2.23. The number of benzene rings is 1. The molecule has 2 nitrogen and oxygen atoms in total. The highest BCUT2D eigenvalue weighted by Crippen LogP contribution is 2.23. The van der Waals surface area contributed by atoms with Crippen molar-refractivity contribution in [3.05, 3.63) is 53.8 Å². The molecule has 0 amide bonds. The van der Waals surface area contributed by atoms with Crippen molar-refractivity contribution in [2.75, 3.05) is 0 Å². The minimum Gasteiger partial charge on any atom is -0.428 e. The molecule has 0 radical (unpaired) electrons. The minimum absolute atomic E-state index is 0.436. The smallest absolute Gasteiger partial charge is 0.428 e. The molecule has 19 heavy (non-hydrogen) atoms. The number of alkyl halides is 3. The van der Waals surface area contributed by atoms with E-state index < -0.39 is 12.1 Å². The van der Waals surface area contributed by atoms with Crippen LogP contribution < -0.4 is 0 Å². The van der Waals surface area contributed by atoms with E-state index in [1.165, 1.54) is 0 Å². The molecule has 5 heteroatoms. The molecule has 0 aliphatic carbocycles. The van der Waals surface area contributed by atoms with Crippen molar-refractivity contribution in [2.45, 2.75) is 20.0 Å². The first-order valence-corrected chi connectivity index (χ1v) is 5.53. The first-order valence-electron chi connectivity index (χ1n) is 5.53. The third kappa shape index (κ3) is 4.28. The number of carbonyl (C=O) groups is 1. The van der Waals surface area contributed by atoms with Crippen LogP contribution in [0.25, 0.3) is 5.57 Å². The summed E-state index contributed by atoms with van der Waals surface area (Å²) in [6.07, 6.45) is -2.43. The summed E-state index contributed by atoms with van der Waals surface area (Å²) in [6.45, 7) is 3.33. The highest BCUT2D eigenvalue weighted by atomic mass is 19.4. The van der Waals surface area contributed by atoms with Crippen molar-refractivity contribution in [3.8, 4) is 0 Å². The zero-order valence-corrected chi connectivity index (χ0v) is 10.5. The van der Waals surface area contributed by atoms with Gasteiger partial charge in [-0.2, -0.15) is 13.2 Å². The molecule has 0 aliphatic heterocycles. The average molecular weight is 270 g/mol. The van der Waals surface area contributed by atoms with Gasteiger partial charge in [0.25, 0.3) is 0 Å². The highest BCUT2D eigenvalue weighted by molar-refractivity contribution is 5.80. The molecule has 0 bridgehead atoms. The lowest BCUT2D eigenvalue weighted by Crippen LogP contribution is -2.23. The van der Waals surface area contributed by atoms with Gasteiger partial charge in [-0.25, -0.2) is 4.79 Å². The molecular formula is C14H13F3O2. The molecular weight excluding hydrogens is 257 g/mol. The molecule has 0 aliphatic rings. The van der Waals surface area contributed by atoms with Gasteiger partial charge in [0, 0.05) is 0 Å². The maximum absolute atomic E-state index is 12.0. The quantitative estimate of drug-likeness (QED) is 0.469. The molecule has 0 fully saturated rings. The number of ether oxygens (including phenoxy) is 1. The van der Waals surface area contributed by atoms with Crippen LogP contribution in [0.2, 0.25) is 0 Å². The molecule has 1 aromatic rings. The molecule has 0 heterocycles. The van der Waals surface area contributed by atoms with Crippen LogP contribution in [-0.2, 0) is 9.53 Å². The first kappa shape index (κ1) is 15.0. The van der Waals surface area contributed by atoms with Gasteiger partial charge in [0.05, 0.1) is 6.26 Å². The number of halogens is 3. The van der Waals surface area contributed by atoms with Gasteiger partial charge in [0.15, 0.2) is 0 Å². The monoisotopic (exact) mass is 270 g/mol. The Morgan fingerprint density at radius 2 is 1.79 bits per heavy atom. The summed E-state index contributed by atoms with van der Waals surface area (Å²) in [6, 6.07) is 9.09. The molecule has 0 spiro atoms. The van der Waals surface area contributed by atoms with Crippen LogP contribution in [0.4, 0.5) is 13.2 Å². The second kappa shape index (κ2) is 6.22. The summed E-state index contributed by atoms with van der Waals surface area (Å²) in [5, 5.41) is 0. The summed E-state index contributed by atoms with van der Waals surface area (Å²) >= 11 is 0. The fraction of sp³-hybridized carbons (Fsp3) is 0.214. The number of carbonyl (C=O) groups excluding carboxylic acids is 1. The van der Waals surface area contributed by atoms with E-state index >= 15 is 0 Å². The second-order valence-electron chi connectivity index (χ2n) is 3.77. The van der Waals surface area contributed by atoms with Crippen molar-refractivity contribution in [3.63, 3.8) is 0 Å². The van der Waals surface area contributed by atoms with Crippen LogP contribution in [0.1, 0.15) is 19.4 Å². The van der Waals surface area contributed by atoms with Gasteiger partial charge in [0.1, 0.15) is 0 Å². The predicted molar refractivity (Wildman–Crippen MR) is 66.0 cm³/mol. The van der Waals surface area contributed by atoms with Gasteiger partial charge in [0.2, 0.25) is 0 Å². The lowest BCUT2D eigenvalue weighted by atomic mass is 10.00. The van der Waals surface area contributed by atoms with E-state index in [-0.39, 0.29) is 0 Å². The second-order valence-corrected chi connectivity index (χ2v) is 3.77. The standard InChI is InChI=1S/C14H13F3O2/c1-3-12(11-7-5-4-6-8-11)10(2)9-19-13(18)14(15,16)17/h3-9H,1-2H3/b10-9+,12-3-. The largest absolute Gasteiger partial charge is 0.491 e. The molecule has 0 saturated carbocycles. The van der Waals surface area contributed by atoms with Gasteiger partial charge in [-0.3, -0.25) is 0 Å². The van der Waals surface area contributed by atoms with Crippen molar-refractivity contribution >= 4 is 11.5 Å². The van der Waals surface area contributed by atoms with E-state index in [2.05, 4.69) is 4.74 Å². The van der Waals surface area contributed by atoms with E-state index in [4.69, 9.17) is 0 Å². The zero-order valence-electron chi connectivity index (χ0n) is 10.5. The van der Waals surface area contributed by atoms with Gasteiger partial charge in [-0.05, 0) is 30.6 Å². The van der Waals surface area contributed by atoms with Crippen LogP contribution in [0.3, 0.4) is 0 Å². The van der Waals surface area contributed by atoms with E-state index in [1.807, 2.05) is 30.3 Å². The van der Waals surface area contributed by atoms with Crippen molar-refractivity contribution < 1.29 is 22.7 Å². The highest BCUT2D eigenvalue weighted by Gasteiger charge is 2.40. The molecule has 0 N–H and O–H groups in total. The van der Waals surface area contributed by atoms with Crippen LogP contribution in [0, 0.1) is 0 Å². The zero-order chi connectivity index (χ0) is 14.5. The topological polar surface area (TPSA) is 26.3 Å². The van der Waals surface area contributed by atoms with Gasteiger partial charge in [-0.15, -0.1) is 0 Å². The Labute approximate surface area is 109 Å². The third-order valence-corrected chi connectivity index (χ3v) is 2.37. The molecule has 0 atom stereocenters. The summed E-state index contributed by atoms with van der Waals surface area (Å²) in [4.78, 5) is 10.6. The van der Waals surface area contributed by atoms with Crippen LogP contribution in [0.5, 0.6) is 0 Å². The van der Waals surface area contributed by atoms with Crippen molar-refractivity contribution in [1.82, 2.24) is 0 Å². The number of hydrogen-bond donors (Lipinski definition) is 0. The fourth-order valence-electron chi connectivity index (χ4n) is 1.51. The summed E-state index contributed by atoms with van der Waals surface area (Å²) in [7, 11) is 0.